The highest BCUT2D eigenvalue weighted by molar-refractivity contribution is 14.1. The van der Waals surface area contributed by atoms with Gasteiger partial charge in [-0.2, -0.15) is 0 Å². The Morgan fingerprint density at radius 2 is 2.00 bits per heavy atom. The lowest BCUT2D eigenvalue weighted by molar-refractivity contribution is 0.0965. The number of amides is 1. The lowest BCUT2D eigenvalue weighted by Crippen LogP contribution is -2.16. The number of para-hydroxylation sites is 1. The van der Waals surface area contributed by atoms with Crippen LogP contribution < -0.4 is 10.2 Å². The summed E-state index contributed by atoms with van der Waals surface area (Å²) in [6.45, 7) is 1.48. The van der Waals surface area contributed by atoms with Crippen LogP contribution in [0.5, 0.6) is 0 Å². The normalized spacial score (nSPS) is 13.0. The number of carbonyl (C=O) groups excluding carboxylic acids is 1. The second-order valence-corrected chi connectivity index (χ2v) is 6.15. The molecular weight excluding hydrogens is 363 g/mol. The van der Waals surface area contributed by atoms with Crippen LogP contribution in [0.25, 0.3) is 0 Å². The Labute approximate surface area is 132 Å². The number of nitrogens with zero attached hydrogens (tertiary/aromatic N) is 1. The lowest BCUT2D eigenvalue weighted by atomic mass is 10.1. The average Bonchev–Trinajstić information content (AvgIpc) is 2.81. The first-order chi connectivity index (χ1) is 9.65. The number of nitrogens with one attached hydrogen (secondary N) is 1. The molecule has 0 aliphatic carbocycles. The molecule has 2 aromatic carbocycles. The number of rotatable bonds is 3. The van der Waals surface area contributed by atoms with Crippen LogP contribution >= 0.6 is 22.6 Å². The maximum atomic E-state index is 11.7. The van der Waals surface area contributed by atoms with Crippen molar-refractivity contribution in [3.8, 4) is 0 Å². The first-order valence-corrected chi connectivity index (χ1v) is 7.58. The summed E-state index contributed by atoms with van der Waals surface area (Å²) in [5, 5.41) is 2.88. The van der Waals surface area contributed by atoms with Crippen LogP contribution in [-0.4, -0.2) is 13.0 Å². The number of halogens is 1. The summed E-state index contributed by atoms with van der Waals surface area (Å²) in [7, 11) is 2.08. The molecule has 2 aromatic rings. The fraction of sp³-hybridized carbons (Fsp3) is 0.188. The number of carbonyl (C=O) groups is 1. The van der Waals surface area contributed by atoms with Crippen LogP contribution in [0.15, 0.2) is 42.5 Å². The summed E-state index contributed by atoms with van der Waals surface area (Å²) < 4.78 is 1.03. The van der Waals surface area contributed by atoms with Crippen molar-refractivity contribution in [1.29, 1.82) is 0 Å². The molecule has 0 saturated carbocycles. The molecule has 0 atom stereocenters. The van der Waals surface area contributed by atoms with Crippen molar-refractivity contribution < 1.29 is 4.79 Å². The zero-order valence-corrected chi connectivity index (χ0v) is 13.3. The maximum Gasteiger partial charge on any atom is 0.252 e. The molecule has 3 rings (SSSR count). The molecule has 1 amide bonds. The van der Waals surface area contributed by atoms with Gasteiger partial charge in [-0.3, -0.25) is 4.79 Å². The zero-order valence-electron chi connectivity index (χ0n) is 11.2. The third kappa shape index (κ3) is 2.52. The van der Waals surface area contributed by atoms with Gasteiger partial charge in [-0.15, -0.1) is 0 Å². The predicted octanol–water partition coefficient (Wildman–Crippen LogP) is 3.17. The van der Waals surface area contributed by atoms with E-state index >= 15 is 0 Å². The molecular formula is C16H15IN2O. The van der Waals surface area contributed by atoms with Gasteiger partial charge in [0.05, 0.1) is 5.56 Å². The van der Waals surface area contributed by atoms with Crippen LogP contribution in [0.4, 0.5) is 5.69 Å². The second-order valence-electron chi connectivity index (χ2n) is 4.99. The highest BCUT2D eigenvalue weighted by Gasteiger charge is 2.22. The summed E-state index contributed by atoms with van der Waals surface area (Å²) in [6.07, 6.45) is 0. The van der Waals surface area contributed by atoms with Crippen molar-refractivity contribution >= 4 is 34.2 Å². The standard InChI is InChI=1S/C16H15IN2O/c1-19(13-5-3-2-4-6-13)10-11-7-12-9-18-16(20)15(12)14(17)8-11/h2-8H,9-10H2,1H3,(H,18,20). The van der Waals surface area contributed by atoms with Gasteiger partial charge in [0, 0.05) is 29.4 Å². The van der Waals surface area contributed by atoms with Gasteiger partial charge < -0.3 is 10.2 Å². The minimum atomic E-state index is 0.0485. The van der Waals surface area contributed by atoms with Crippen LogP contribution in [0.1, 0.15) is 21.5 Å². The van der Waals surface area contributed by atoms with E-state index in [9.17, 15) is 4.79 Å². The van der Waals surface area contributed by atoms with Crippen LogP contribution in [0.3, 0.4) is 0 Å². The quantitative estimate of drug-likeness (QED) is 0.833. The smallest absolute Gasteiger partial charge is 0.252 e. The summed E-state index contributed by atoms with van der Waals surface area (Å²) in [6, 6.07) is 14.5. The summed E-state index contributed by atoms with van der Waals surface area (Å²) in [4.78, 5) is 13.9. The van der Waals surface area contributed by atoms with Gasteiger partial charge >= 0.3 is 0 Å². The summed E-state index contributed by atoms with van der Waals surface area (Å²) in [5.41, 5.74) is 4.38. The third-order valence-electron chi connectivity index (χ3n) is 3.51. The first-order valence-electron chi connectivity index (χ1n) is 6.51. The predicted molar refractivity (Wildman–Crippen MR) is 88.9 cm³/mol. The van der Waals surface area contributed by atoms with Gasteiger partial charge in [0.25, 0.3) is 5.91 Å². The van der Waals surface area contributed by atoms with E-state index in [0.717, 1.165) is 21.2 Å². The highest BCUT2D eigenvalue weighted by Crippen LogP contribution is 2.25. The van der Waals surface area contributed by atoms with Crippen molar-refractivity contribution in [3.05, 3.63) is 62.7 Å². The van der Waals surface area contributed by atoms with E-state index < -0.39 is 0 Å². The van der Waals surface area contributed by atoms with Crippen molar-refractivity contribution in [3.63, 3.8) is 0 Å². The molecule has 20 heavy (non-hydrogen) atoms. The molecule has 0 saturated heterocycles. The van der Waals surface area contributed by atoms with Crippen molar-refractivity contribution in [2.75, 3.05) is 11.9 Å². The molecule has 1 aliphatic rings. The Bertz CT molecular complexity index is 655. The van der Waals surface area contributed by atoms with Crippen LogP contribution in [-0.2, 0) is 13.1 Å². The van der Waals surface area contributed by atoms with E-state index in [0.29, 0.717) is 6.54 Å². The Hall–Kier alpha value is -1.56. The maximum absolute atomic E-state index is 11.7. The van der Waals surface area contributed by atoms with Crippen LogP contribution in [0.2, 0.25) is 0 Å². The molecule has 4 heteroatoms. The molecule has 3 nitrogen and oxygen atoms in total. The number of benzene rings is 2. The molecule has 1 heterocycles. The van der Waals surface area contributed by atoms with Gasteiger partial charge in [0.15, 0.2) is 0 Å². The van der Waals surface area contributed by atoms with E-state index in [-0.39, 0.29) is 5.91 Å². The largest absolute Gasteiger partial charge is 0.370 e. The third-order valence-corrected chi connectivity index (χ3v) is 4.37. The molecule has 0 bridgehead atoms. The highest BCUT2D eigenvalue weighted by atomic mass is 127. The molecule has 1 N–H and O–H groups in total. The molecule has 1 aliphatic heterocycles. The van der Waals surface area contributed by atoms with Crippen molar-refractivity contribution in [1.82, 2.24) is 5.32 Å². The van der Waals surface area contributed by atoms with E-state index in [1.807, 2.05) is 18.2 Å². The molecule has 0 unspecified atom stereocenters. The van der Waals surface area contributed by atoms with Crippen molar-refractivity contribution in [2.45, 2.75) is 13.1 Å². The topological polar surface area (TPSA) is 32.3 Å². The fourth-order valence-electron chi connectivity index (χ4n) is 2.52. The Morgan fingerprint density at radius 3 is 2.75 bits per heavy atom. The van der Waals surface area contributed by atoms with E-state index in [2.05, 4.69) is 64.1 Å². The molecule has 0 fully saturated rings. The summed E-state index contributed by atoms with van der Waals surface area (Å²) >= 11 is 2.25. The van der Waals surface area contributed by atoms with E-state index in [1.165, 1.54) is 11.3 Å². The van der Waals surface area contributed by atoms with E-state index in [4.69, 9.17) is 0 Å². The summed E-state index contributed by atoms with van der Waals surface area (Å²) in [5.74, 6) is 0.0485. The van der Waals surface area contributed by atoms with Gasteiger partial charge in [0.2, 0.25) is 0 Å². The SMILES string of the molecule is CN(Cc1cc(I)c2c(c1)CNC2=O)c1ccccc1. The van der Waals surface area contributed by atoms with Gasteiger partial charge in [0.1, 0.15) is 0 Å². The Morgan fingerprint density at radius 1 is 1.25 bits per heavy atom. The zero-order chi connectivity index (χ0) is 14.1. The number of hydrogen-bond acceptors (Lipinski definition) is 2. The minimum absolute atomic E-state index is 0.0485. The Kier molecular flexibility index (Phi) is 3.65. The number of hydrogen-bond donors (Lipinski definition) is 1. The van der Waals surface area contributed by atoms with E-state index in [1.54, 1.807) is 0 Å². The lowest BCUT2D eigenvalue weighted by Gasteiger charge is -2.20. The monoisotopic (exact) mass is 378 g/mol. The average molecular weight is 378 g/mol. The van der Waals surface area contributed by atoms with Gasteiger partial charge in [-0.05, 0) is 51.9 Å². The molecule has 0 spiro atoms. The number of fused-ring (bicyclic) bond motifs is 1. The van der Waals surface area contributed by atoms with Gasteiger partial charge in [-0.25, -0.2) is 0 Å². The molecule has 0 radical (unpaired) electrons. The first kappa shape index (κ1) is 13.4. The van der Waals surface area contributed by atoms with Crippen LogP contribution in [0, 0.1) is 3.57 Å². The van der Waals surface area contributed by atoms with Crippen molar-refractivity contribution in [2.24, 2.45) is 0 Å². The second kappa shape index (κ2) is 5.44. The van der Waals surface area contributed by atoms with Gasteiger partial charge in [-0.1, -0.05) is 24.3 Å². The number of anilines is 1. The fourth-order valence-corrected chi connectivity index (χ4v) is 3.51. The minimum Gasteiger partial charge on any atom is -0.370 e. The molecule has 102 valence electrons. The Balaban J connectivity index is 1.86. The molecule has 0 aromatic heterocycles.